The van der Waals surface area contributed by atoms with Crippen LogP contribution in [0.1, 0.15) is 51.6 Å². The number of primary amides is 1. The van der Waals surface area contributed by atoms with Gasteiger partial charge in [0.1, 0.15) is 5.69 Å². The molecule has 190 valence electrons. The number of nitrogens with one attached hydrogen (secondary N) is 2. The molecule has 37 heavy (non-hydrogen) atoms. The van der Waals surface area contributed by atoms with Gasteiger partial charge in [0, 0.05) is 41.7 Å². The maximum atomic E-state index is 13.0. The quantitative estimate of drug-likeness (QED) is 0.407. The van der Waals surface area contributed by atoms with Crippen molar-refractivity contribution >= 4 is 28.3 Å². The fourth-order valence-corrected chi connectivity index (χ4v) is 5.10. The number of carbonyl (C=O) groups excluding carboxylic acids is 2. The van der Waals surface area contributed by atoms with Crippen LogP contribution in [0.5, 0.6) is 0 Å². The maximum Gasteiger partial charge on any atom is 0.270 e. The van der Waals surface area contributed by atoms with Gasteiger partial charge in [0.05, 0.1) is 17.3 Å². The summed E-state index contributed by atoms with van der Waals surface area (Å²) in [6.45, 7) is 3.93. The predicted octanol–water partition coefficient (Wildman–Crippen LogP) is 3.82. The number of nitrogens with two attached hydrogens (primary N) is 1. The Bertz CT molecular complexity index is 1360. The molecule has 8 nitrogen and oxygen atoms in total. The molecule has 1 aromatic heterocycles. The molecule has 0 radical (unpaired) electrons. The second-order valence-electron chi connectivity index (χ2n) is 9.73. The largest absolute Gasteiger partial charge is 0.379 e. The Labute approximate surface area is 217 Å². The van der Waals surface area contributed by atoms with Crippen LogP contribution in [0.15, 0.2) is 66.9 Å². The minimum absolute atomic E-state index is 0.0531. The molecule has 3 aromatic rings. The van der Waals surface area contributed by atoms with Crippen LogP contribution in [0.3, 0.4) is 0 Å². The number of hydrogen-bond acceptors (Lipinski definition) is 6. The molecule has 2 amide bonds. The van der Waals surface area contributed by atoms with Crippen LogP contribution in [-0.4, -0.2) is 54.4 Å². The second kappa shape index (κ2) is 11.2. The Morgan fingerprint density at radius 3 is 2.65 bits per heavy atom. The summed E-state index contributed by atoms with van der Waals surface area (Å²) < 4.78 is 0. The van der Waals surface area contributed by atoms with Gasteiger partial charge in [-0.25, -0.2) is 0 Å². The molecule has 1 heterocycles. The molecule has 4 rings (SSSR count). The molecular formula is C29H32N6O2. The summed E-state index contributed by atoms with van der Waals surface area (Å²) >= 11 is 0. The molecule has 0 spiro atoms. The van der Waals surface area contributed by atoms with Crippen LogP contribution < -0.4 is 16.4 Å². The first-order chi connectivity index (χ1) is 17.8. The first-order valence-electron chi connectivity index (χ1n) is 12.3. The molecule has 1 saturated carbocycles. The summed E-state index contributed by atoms with van der Waals surface area (Å²) in [4.78, 5) is 31.7. The zero-order chi connectivity index (χ0) is 26.5. The highest BCUT2D eigenvalue weighted by Gasteiger charge is 2.34. The van der Waals surface area contributed by atoms with Crippen LogP contribution in [0.25, 0.3) is 10.8 Å². The highest BCUT2D eigenvalue weighted by atomic mass is 16.2. The number of nitrogens with zero attached hydrogens (tertiary/aromatic N) is 3. The van der Waals surface area contributed by atoms with E-state index in [0.717, 1.165) is 35.6 Å². The van der Waals surface area contributed by atoms with Gasteiger partial charge >= 0.3 is 0 Å². The van der Waals surface area contributed by atoms with Gasteiger partial charge < -0.3 is 21.3 Å². The lowest BCUT2D eigenvalue weighted by Gasteiger charge is -2.39. The van der Waals surface area contributed by atoms with Gasteiger partial charge in [-0.3, -0.25) is 14.6 Å². The summed E-state index contributed by atoms with van der Waals surface area (Å²) in [6.07, 6.45) is 4.29. The van der Waals surface area contributed by atoms with Crippen molar-refractivity contribution in [1.29, 1.82) is 5.26 Å². The number of hydrogen-bond donors (Lipinski definition) is 3. The van der Waals surface area contributed by atoms with Gasteiger partial charge in [-0.1, -0.05) is 30.8 Å². The summed E-state index contributed by atoms with van der Waals surface area (Å²) in [5.74, 6) is -0.686. The summed E-state index contributed by atoms with van der Waals surface area (Å²) in [5.41, 5.74) is 8.42. The molecule has 1 aliphatic rings. The van der Waals surface area contributed by atoms with E-state index in [9.17, 15) is 9.59 Å². The van der Waals surface area contributed by atoms with E-state index in [1.165, 1.54) is 0 Å². The minimum atomic E-state index is -0.553. The van der Waals surface area contributed by atoms with Crippen LogP contribution in [-0.2, 0) is 0 Å². The molecule has 3 atom stereocenters. The molecule has 0 unspecified atom stereocenters. The van der Waals surface area contributed by atoms with E-state index in [1.807, 2.05) is 18.2 Å². The van der Waals surface area contributed by atoms with E-state index in [1.54, 1.807) is 30.5 Å². The van der Waals surface area contributed by atoms with E-state index in [-0.39, 0.29) is 24.4 Å². The number of anilines is 1. The zero-order valence-electron chi connectivity index (χ0n) is 21.2. The molecule has 0 aliphatic heterocycles. The number of fused-ring (bicyclic) bond motifs is 1. The molecule has 4 N–H and O–H groups in total. The standard InChI is InChI=1S/C29H32N6O2/c1-18(16-30)17-33-27-22(28(31)36)11-9-19-7-8-20(14-24(19)27)23-15-21(35(2)3)10-12-25(23)34-29(37)26-6-4-5-13-32-26/h4-9,11,13-14,21,23,25,33H,1,10,12,15,17H2,2-3H3,(H2,31,36)(H,34,37)/t21-,23-,25-/m0/s1. The van der Waals surface area contributed by atoms with Crippen molar-refractivity contribution in [3.8, 4) is 6.07 Å². The number of pyridine rings is 1. The van der Waals surface area contributed by atoms with E-state index < -0.39 is 5.91 Å². The lowest BCUT2D eigenvalue weighted by Crippen LogP contribution is -2.46. The normalized spacial score (nSPS) is 19.2. The van der Waals surface area contributed by atoms with Gasteiger partial charge in [-0.05, 0) is 68.6 Å². The van der Waals surface area contributed by atoms with Crippen molar-refractivity contribution in [1.82, 2.24) is 15.2 Å². The van der Waals surface area contributed by atoms with Gasteiger partial charge in [-0.2, -0.15) is 5.26 Å². The van der Waals surface area contributed by atoms with E-state index in [2.05, 4.69) is 53.3 Å². The molecule has 2 aromatic carbocycles. The monoisotopic (exact) mass is 496 g/mol. The number of benzene rings is 2. The number of rotatable bonds is 8. The molecule has 1 fully saturated rings. The average molecular weight is 497 g/mol. The number of carbonyl (C=O) groups is 2. The fourth-order valence-electron chi connectivity index (χ4n) is 5.10. The predicted molar refractivity (Wildman–Crippen MR) is 145 cm³/mol. The zero-order valence-corrected chi connectivity index (χ0v) is 21.2. The number of nitriles is 1. The molecular weight excluding hydrogens is 464 g/mol. The van der Waals surface area contributed by atoms with Crippen LogP contribution >= 0.6 is 0 Å². The van der Waals surface area contributed by atoms with Crippen molar-refractivity contribution in [3.05, 3.63) is 83.7 Å². The van der Waals surface area contributed by atoms with Gasteiger partial charge in [0.25, 0.3) is 11.8 Å². The van der Waals surface area contributed by atoms with Gasteiger partial charge in [-0.15, -0.1) is 0 Å². The highest BCUT2D eigenvalue weighted by Crippen LogP contribution is 2.38. The maximum absolute atomic E-state index is 13.0. The molecule has 8 heteroatoms. The molecule has 1 aliphatic carbocycles. The fraction of sp³-hybridized carbons (Fsp3) is 0.310. The Kier molecular flexibility index (Phi) is 7.85. The third kappa shape index (κ3) is 5.79. The highest BCUT2D eigenvalue weighted by molar-refractivity contribution is 6.08. The summed E-state index contributed by atoms with van der Waals surface area (Å²) in [6, 6.07) is 17.4. The van der Waals surface area contributed by atoms with Crippen LogP contribution in [0, 0.1) is 11.3 Å². The molecule has 0 bridgehead atoms. The Hall–Kier alpha value is -4.22. The smallest absolute Gasteiger partial charge is 0.270 e. The SMILES string of the molecule is C=C(C#N)CNc1c(C(N)=O)ccc2ccc([C@@H]3C[C@@H](N(C)C)CC[C@@H]3NC(=O)c3ccccn3)cc12. The van der Waals surface area contributed by atoms with Crippen LogP contribution in [0.2, 0.25) is 0 Å². The third-order valence-corrected chi connectivity index (χ3v) is 7.14. The summed E-state index contributed by atoms with van der Waals surface area (Å²) in [5, 5.41) is 17.3. The van der Waals surface area contributed by atoms with Crippen molar-refractivity contribution in [2.75, 3.05) is 26.0 Å². The average Bonchev–Trinajstić information content (AvgIpc) is 2.91. The second-order valence-corrected chi connectivity index (χ2v) is 9.73. The van der Waals surface area contributed by atoms with Crippen molar-refractivity contribution < 1.29 is 9.59 Å². The third-order valence-electron chi connectivity index (χ3n) is 7.14. The number of aromatic nitrogens is 1. The summed E-state index contributed by atoms with van der Waals surface area (Å²) in [7, 11) is 4.16. The van der Waals surface area contributed by atoms with E-state index >= 15 is 0 Å². The van der Waals surface area contributed by atoms with Crippen LogP contribution in [0.4, 0.5) is 5.69 Å². The Morgan fingerprint density at radius 2 is 1.97 bits per heavy atom. The first kappa shape index (κ1) is 25.9. The Morgan fingerprint density at radius 1 is 1.19 bits per heavy atom. The number of amides is 2. The van der Waals surface area contributed by atoms with Gasteiger partial charge in [0.15, 0.2) is 0 Å². The molecule has 0 saturated heterocycles. The topological polar surface area (TPSA) is 124 Å². The van der Waals surface area contributed by atoms with Crippen molar-refractivity contribution in [2.45, 2.75) is 37.3 Å². The van der Waals surface area contributed by atoms with E-state index in [0.29, 0.717) is 28.6 Å². The van der Waals surface area contributed by atoms with Gasteiger partial charge in [0.2, 0.25) is 0 Å². The lowest BCUT2D eigenvalue weighted by atomic mass is 9.76. The minimum Gasteiger partial charge on any atom is -0.379 e. The van der Waals surface area contributed by atoms with E-state index in [4.69, 9.17) is 11.0 Å². The lowest BCUT2D eigenvalue weighted by molar-refractivity contribution is 0.0898. The first-order valence-corrected chi connectivity index (χ1v) is 12.3. The van der Waals surface area contributed by atoms with Crippen molar-refractivity contribution in [3.63, 3.8) is 0 Å². The Balaban J connectivity index is 1.74. The van der Waals surface area contributed by atoms with Crippen molar-refractivity contribution in [2.24, 2.45) is 5.73 Å².